The third-order valence-electron chi connectivity index (χ3n) is 3.83. The summed E-state index contributed by atoms with van der Waals surface area (Å²) in [5.74, 6) is -2.04. The van der Waals surface area contributed by atoms with E-state index in [2.05, 4.69) is 10.4 Å². The van der Waals surface area contributed by atoms with Crippen molar-refractivity contribution in [1.82, 2.24) is 5.01 Å². The summed E-state index contributed by atoms with van der Waals surface area (Å²) in [7, 11) is 0. The lowest BCUT2D eigenvalue weighted by Gasteiger charge is -2.27. The number of hydrazone groups is 1. The van der Waals surface area contributed by atoms with Gasteiger partial charge in [0.1, 0.15) is 5.25 Å². The lowest BCUT2D eigenvalue weighted by atomic mass is 10.2. The van der Waals surface area contributed by atoms with E-state index >= 15 is 0 Å². The van der Waals surface area contributed by atoms with Gasteiger partial charge in [0.15, 0.2) is 5.17 Å². The number of nitrogens with zero attached hydrogens (tertiary/aromatic N) is 2. The first-order valence-corrected chi connectivity index (χ1v) is 9.13. The van der Waals surface area contributed by atoms with Gasteiger partial charge >= 0.3 is 5.97 Å². The predicted octanol–water partition coefficient (Wildman–Crippen LogP) is 2.63. The number of rotatable bonds is 5. The lowest BCUT2D eigenvalue weighted by molar-refractivity contribution is -0.129. The Hall–Kier alpha value is -3.46. The van der Waals surface area contributed by atoms with Crippen molar-refractivity contribution >= 4 is 46.6 Å². The molecule has 1 heterocycles. The summed E-state index contributed by atoms with van der Waals surface area (Å²) in [6.07, 6.45) is 1.36. The highest BCUT2D eigenvalue weighted by atomic mass is 32.2. The van der Waals surface area contributed by atoms with Gasteiger partial charge in [-0.15, -0.1) is 0 Å². The quantitative estimate of drug-likeness (QED) is 0.671. The molecule has 0 spiro atoms. The molecular weight excluding hydrogens is 380 g/mol. The van der Waals surface area contributed by atoms with Crippen LogP contribution in [0.1, 0.15) is 22.3 Å². The minimum absolute atomic E-state index is 0.0411. The van der Waals surface area contributed by atoms with Crippen molar-refractivity contribution < 1.29 is 19.5 Å². The largest absolute Gasteiger partial charge is 0.478 e. The average molecular weight is 396 g/mol. The van der Waals surface area contributed by atoms with E-state index in [1.807, 2.05) is 30.3 Å². The number of hydrogen-bond donors (Lipinski definition) is 3. The van der Waals surface area contributed by atoms with Gasteiger partial charge in [-0.2, -0.15) is 10.1 Å². The molecule has 28 heavy (non-hydrogen) atoms. The molecule has 1 aliphatic heterocycles. The third-order valence-corrected chi connectivity index (χ3v) is 4.90. The maximum absolute atomic E-state index is 12.4. The van der Waals surface area contributed by atoms with E-state index in [4.69, 9.17) is 10.5 Å². The van der Waals surface area contributed by atoms with Crippen molar-refractivity contribution in [1.29, 1.82) is 5.41 Å². The van der Waals surface area contributed by atoms with Crippen LogP contribution in [0.3, 0.4) is 0 Å². The van der Waals surface area contributed by atoms with Crippen molar-refractivity contribution in [2.75, 3.05) is 5.32 Å². The minimum Gasteiger partial charge on any atom is -0.478 e. The van der Waals surface area contributed by atoms with Gasteiger partial charge in [0.2, 0.25) is 5.91 Å². The molecule has 1 fully saturated rings. The second-order valence-corrected chi connectivity index (χ2v) is 7.04. The van der Waals surface area contributed by atoms with Crippen LogP contribution in [0.25, 0.3) is 0 Å². The summed E-state index contributed by atoms with van der Waals surface area (Å²) in [6.45, 7) is 0. The zero-order chi connectivity index (χ0) is 20.1. The molecule has 2 aromatic carbocycles. The fourth-order valence-electron chi connectivity index (χ4n) is 2.46. The number of thioether (sulfide) groups is 1. The predicted molar refractivity (Wildman–Crippen MR) is 107 cm³/mol. The van der Waals surface area contributed by atoms with E-state index in [1.165, 1.54) is 24.4 Å². The molecule has 0 radical (unpaired) electrons. The first-order valence-electron chi connectivity index (χ1n) is 8.25. The van der Waals surface area contributed by atoms with Crippen molar-refractivity contribution in [2.24, 2.45) is 5.10 Å². The van der Waals surface area contributed by atoms with E-state index in [9.17, 15) is 14.4 Å². The van der Waals surface area contributed by atoms with Gasteiger partial charge in [-0.1, -0.05) is 48.2 Å². The number of carbonyl (C=O) groups excluding carboxylic acids is 2. The summed E-state index contributed by atoms with van der Waals surface area (Å²) in [4.78, 5) is 35.8. The number of anilines is 1. The molecule has 0 aromatic heterocycles. The Balaban J connectivity index is 1.65. The van der Waals surface area contributed by atoms with E-state index < -0.39 is 23.0 Å². The molecule has 2 aromatic rings. The van der Waals surface area contributed by atoms with Crippen molar-refractivity contribution in [2.45, 2.75) is 11.7 Å². The van der Waals surface area contributed by atoms with Gasteiger partial charge in [0.05, 0.1) is 18.2 Å². The number of amidine groups is 1. The van der Waals surface area contributed by atoms with Crippen molar-refractivity contribution in [3.8, 4) is 0 Å². The van der Waals surface area contributed by atoms with Crippen LogP contribution >= 0.6 is 11.8 Å². The highest BCUT2D eigenvalue weighted by molar-refractivity contribution is 8.14. The molecule has 2 amide bonds. The smallest absolute Gasteiger partial charge is 0.335 e. The second-order valence-electron chi connectivity index (χ2n) is 5.85. The van der Waals surface area contributed by atoms with Gasteiger partial charge in [0, 0.05) is 5.69 Å². The molecule has 1 unspecified atom stereocenters. The Kier molecular flexibility index (Phi) is 5.85. The fraction of sp³-hybridized carbons (Fsp3) is 0.105. The van der Waals surface area contributed by atoms with Gasteiger partial charge in [-0.05, 0) is 23.8 Å². The van der Waals surface area contributed by atoms with Crippen LogP contribution in [0.4, 0.5) is 5.69 Å². The number of amides is 2. The molecular formula is C19H16N4O4S. The maximum atomic E-state index is 12.4. The zero-order valence-electron chi connectivity index (χ0n) is 14.5. The molecule has 0 aliphatic carbocycles. The number of nitrogens with one attached hydrogen (secondary N) is 2. The van der Waals surface area contributed by atoms with Gasteiger partial charge < -0.3 is 10.4 Å². The topological polar surface area (TPSA) is 123 Å². The zero-order valence-corrected chi connectivity index (χ0v) is 15.3. The average Bonchev–Trinajstić information content (AvgIpc) is 2.68. The Bertz CT molecular complexity index is 943. The normalized spacial score (nSPS) is 17.0. The molecule has 3 rings (SSSR count). The van der Waals surface area contributed by atoms with Crippen LogP contribution in [0.15, 0.2) is 59.7 Å². The molecule has 1 saturated heterocycles. The molecule has 1 atom stereocenters. The van der Waals surface area contributed by atoms with Gasteiger partial charge in [-0.25, -0.2) is 4.79 Å². The van der Waals surface area contributed by atoms with Crippen LogP contribution < -0.4 is 5.32 Å². The SMILES string of the molecule is N=C1SC(C(=O)Nc2cccc(C(=O)O)c2)CC(=O)N1N=Cc1ccccc1. The molecule has 3 N–H and O–H groups in total. The van der Waals surface area contributed by atoms with Gasteiger partial charge in [-0.3, -0.25) is 15.0 Å². The van der Waals surface area contributed by atoms with E-state index in [0.717, 1.165) is 22.3 Å². The number of hydrogen-bond acceptors (Lipinski definition) is 6. The number of aromatic carboxylic acids is 1. The maximum Gasteiger partial charge on any atom is 0.335 e. The summed E-state index contributed by atoms with van der Waals surface area (Å²) in [6, 6.07) is 15.0. The van der Waals surface area contributed by atoms with E-state index in [-0.39, 0.29) is 17.2 Å². The molecule has 0 saturated carbocycles. The van der Waals surface area contributed by atoms with Crippen LogP contribution in [0.2, 0.25) is 0 Å². The number of carbonyl (C=O) groups is 3. The second kappa shape index (κ2) is 8.49. The van der Waals surface area contributed by atoms with E-state index in [1.54, 1.807) is 6.07 Å². The first-order chi connectivity index (χ1) is 13.4. The van der Waals surface area contributed by atoms with Crippen molar-refractivity contribution in [3.63, 3.8) is 0 Å². The number of carboxylic acids is 1. The highest BCUT2D eigenvalue weighted by Crippen LogP contribution is 2.27. The Morgan fingerprint density at radius 1 is 1.21 bits per heavy atom. The molecule has 8 nitrogen and oxygen atoms in total. The number of benzene rings is 2. The van der Waals surface area contributed by atoms with Crippen LogP contribution in [-0.4, -0.2) is 44.5 Å². The van der Waals surface area contributed by atoms with Crippen LogP contribution in [-0.2, 0) is 9.59 Å². The van der Waals surface area contributed by atoms with Crippen LogP contribution in [0, 0.1) is 5.41 Å². The third kappa shape index (κ3) is 4.63. The molecule has 0 bridgehead atoms. The fourth-order valence-corrected chi connectivity index (χ4v) is 3.37. The van der Waals surface area contributed by atoms with Crippen molar-refractivity contribution in [3.05, 3.63) is 65.7 Å². The lowest BCUT2D eigenvalue weighted by Crippen LogP contribution is -2.42. The number of carboxylic acid groups (broad SMARTS) is 1. The summed E-state index contributed by atoms with van der Waals surface area (Å²) >= 11 is 0.918. The van der Waals surface area contributed by atoms with E-state index in [0.29, 0.717) is 5.69 Å². The highest BCUT2D eigenvalue weighted by Gasteiger charge is 2.35. The monoisotopic (exact) mass is 396 g/mol. The molecule has 9 heteroatoms. The summed E-state index contributed by atoms with van der Waals surface area (Å²) in [5.41, 5.74) is 1.14. The van der Waals surface area contributed by atoms with Gasteiger partial charge in [0.25, 0.3) is 5.91 Å². The standard InChI is InChI=1S/C19H16N4O4S/c20-19-23(21-11-12-5-2-1-3-6-12)16(24)10-15(28-19)17(25)22-14-8-4-7-13(9-14)18(26)27/h1-9,11,15,20H,10H2,(H,22,25)(H,26,27). The first kappa shape index (κ1) is 19.3. The summed E-state index contributed by atoms with van der Waals surface area (Å²) < 4.78 is 0. The van der Waals surface area contributed by atoms with Crippen LogP contribution in [0.5, 0.6) is 0 Å². The Labute approximate surface area is 164 Å². The summed E-state index contributed by atoms with van der Waals surface area (Å²) in [5, 5.41) is 23.7. The Morgan fingerprint density at radius 2 is 1.96 bits per heavy atom. The minimum atomic E-state index is -1.10. The molecule has 1 aliphatic rings. The Morgan fingerprint density at radius 3 is 2.64 bits per heavy atom. The molecule has 142 valence electrons.